The molecule has 0 aliphatic heterocycles. The van der Waals surface area contributed by atoms with Crippen LogP contribution >= 0.6 is 0 Å². The lowest BCUT2D eigenvalue weighted by Crippen LogP contribution is -2.28. The van der Waals surface area contributed by atoms with Crippen molar-refractivity contribution in [3.8, 4) is 5.75 Å². The summed E-state index contributed by atoms with van der Waals surface area (Å²) in [6.45, 7) is 8.66. The normalized spacial score (nSPS) is 10.7. The minimum Gasteiger partial charge on any atom is -0.491 e. The summed E-state index contributed by atoms with van der Waals surface area (Å²) < 4.78 is 5.64. The van der Waals surface area contributed by atoms with Crippen LogP contribution in [0, 0.1) is 6.92 Å². The number of rotatable bonds is 8. The van der Waals surface area contributed by atoms with Crippen molar-refractivity contribution in [3.05, 3.63) is 41.7 Å². The van der Waals surface area contributed by atoms with E-state index >= 15 is 0 Å². The smallest absolute Gasteiger partial charge is 0.272 e. The number of amides is 1. The number of nitrogens with one attached hydrogen (secondary N) is 1. The molecule has 140 valence electrons. The standard InChI is InChI=1S/C20H28N4O2/c1-6-7-12-24(5)19(25)18-13-15(4)21-20(23-18)22-16-8-10-17(11-9-16)26-14(2)3/h8-11,13-14H,6-7,12H2,1-5H3,(H,21,22,23). The zero-order valence-electron chi connectivity index (χ0n) is 16.2. The van der Waals surface area contributed by atoms with Gasteiger partial charge in [0.1, 0.15) is 11.4 Å². The number of aryl methyl sites for hydroxylation is 1. The molecule has 0 atom stereocenters. The summed E-state index contributed by atoms with van der Waals surface area (Å²) in [5.41, 5.74) is 1.98. The maximum atomic E-state index is 12.5. The van der Waals surface area contributed by atoms with Gasteiger partial charge in [0.05, 0.1) is 6.10 Å². The summed E-state index contributed by atoms with van der Waals surface area (Å²) in [6.07, 6.45) is 2.15. The molecule has 0 spiro atoms. The van der Waals surface area contributed by atoms with Crippen molar-refractivity contribution in [2.75, 3.05) is 18.9 Å². The van der Waals surface area contributed by atoms with Gasteiger partial charge in [0.2, 0.25) is 5.95 Å². The molecule has 2 rings (SSSR count). The van der Waals surface area contributed by atoms with Crippen LogP contribution < -0.4 is 10.1 Å². The quantitative estimate of drug-likeness (QED) is 0.768. The number of unbranched alkanes of at least 4 members (excludes halogenated alkanes) is 1. The third-order valence-corrected chi connectivity index (χ3v) is 3.75. The molecule has 0 aliphatic carbocycles. The maximum absolute atomic E-state index is 12.5. The Kier molecular flexibility index (Phi) is 6.95. The zero-order valence-corrected chi connectivity index (χ0v) is 16.2. The molecule has 6 heteroatoms. The van der Waals surface area contributed by atoms with Gasteiger partial charge < -0.3 is 15.0 Å². The highest BCUT2D eigenvalue weighted by Gasteiger charge is 2.15. The number of carbonyl (C=O) groups is 1. The lowest BCUT2D eigenvalue weighted by atomic mass is 10.2. The van der Waals surface area contributed by atoms with Crippen LogP contribution in [0.2, 0.25) is 0 Å². The van der Waals surface area contributed by atoms with Crippen LogP contribution in [-0.2, 0) is 0 Å². The summed E-state index contributed by atoms with van der Waals surface area (Å²) in [4.78, 5) is 23.0. The average molecular weight is 356 g/mol. The third kappa shape index (κ3) is 5.72. The van der Waals surface area contributed by atoms with Crippen LogP contribution in [0.5, 0.6) is 5.75 Å². The van der Waals surface area contributed by atoms with Crippen molar-refractivity contribution >= 4 is 17.5 Å². The van der Waals surface area contributed by atoms with Gasteiger partial charge in [-0.2, -0.15) is 0 Å². The highest BCUT2D eigenvalue weighted by Crippen LogP contribution is 2.19. The van der Waals surface area contributed by atoms with E-state index < -0.39 is 0 Å². The highest BCUT2D eigenvalue weighted by molar-refractivity contribution is 5.92. The maximum Gasteiger partial charge on any atom is 0.272 e. The fourth-order valence-corrected chi connectivity index (χ4v) is 2.44. The molecule has 1 aromatic carbocycles. The summed E-state index contributed by atoms with van der Waals surface area (Å²) >= 11 is 0. The summed E-state index contributed by atoms with van der Waals surface area (Å²) in [6, 6.07) is 9.30. The van der Waals surface area contributed by atoms with Gasteiger partial charge in [-0.25, -0.2) is 9.97 Å². The molecular weight excluding hydrogens is 328 g/mol. The van der Waals surface area contributed by atoms with Gasteiger partial charge in [0, 0.05) is 25.0 Å². The first-order valence-corrected chi connectivity index (χ1v) is 9.04. The van der Waals surface area contributed by atoms with E-state index in [-0.39, 0.29) is 12.0 Å². The van der Waals surface area contributed by atoms with E-state index in [0.29, 0.717) is 11.6 Å². The van der Waals surface area contributed by atoms with Crippen molar-refractivity contribution in [1.29, 1.82) is 0 Å². The molecule has 0 unspecified atom stereocenters. The molecule has 1 heterocycles. The first kappa shape index (κ1) is 19.7. The lowest BCUT2D eigenvalue weighted by Gasteiger charge is -2.17. The minimum atomic E-state index is -0.0901. The second kappa shape index (κ2) is 9.17. The van der Waals surface area contributed by atoms with E-state index in [1.165, 1.54) is 0 Å². The first-order valence-electron chi connectivity index (χ1n) is 9.04. The molecule has 0 fully saturated rings. The largest absolute Gasteiger partial charge is 0.491 e. The Morgan fingerprint density at radius 3 is 2.54 bits per heavy atom. The van der Waals surface area contributed by atoms with Crippen LogP contribution in [0.15, 0.2) is 30.3 Å². The Bertz CT molecular complexity index is 729. The number of ether oxygens (including phenoxy) is 1. The molecule has 1 aromatic heterocycles. The van der Waals surface area contributed by atoms with Gasteiger partial charge in [-0.3, -0.25) is 4.79 Å². The third-order valence-electron chi connectivity index (χ3n) is 3.75. The Labute approximate surface area is 155 Å². The number of nitrogens with zero attached hydrogens (tertiary/aromatic N) is 3. The molecule has 0 bridgehead atoms. The minimum absolute atomic E-state index is 0.0901. The van der Waals surface area contributed by atoms with Crippen LogP contribution in [0.3, 0.4) is 0 Å². The van der Waals surface area contributed by atoms with Crippen molar-refractivity contribution in [2.24, 2.45) is 0 Å². The zero-order chi connectivity index (χ0) is 19.1. The number of hydrogen-bond donors (Lipinski definition) is 1. The summed E-state index contributed by atoms with van der Waals surface area (Å²) in [7, 11) is 1.80. The van der Waals surface area contributed by atoms with Crippen LogP contribution in [-0.4, -0.2) is 40.5 Å². The molecule has 2 aromatic rings. The molecule has 1 amide bonds. The van der Waals surface area contributed by atoms with E-state index in [1.807, 2.05) is 45.0 Å². The molecule has 6 nitrogen and oxygen atoms in total. The van der Waals surface area contributed by atoms with Crippen molar-refractivity contribution < 1.29 is 9.53 Å². The number of anilines is 2. The lowest BCUT2D eigenvalue weighted by molar-refractivity contribution is 0.0787. The fourth-order valence-electron chi connectivity index (χ4n) is 2.44. The number of benzene rings is 1. The Morgan fingerprint density at radius 2 is 1.92 bits per heavy atom. The Balaban J connectivity index is 2.12. The molecule has 26 heavy (non-hydrogen) atoms. The molecular formula is C20H28N4O2. The van der Waals surface area contributed by atoms with Crippen LogP contribution in [0.25, 0.3) is 0 Å². The molecule has 0 saturated heterocycles. The van der Waals surface area contributed by atoms with Crippen molar-refractivity contribution in [1.82, 2.24) is 14.9 Å². The van der Waals surface area contributed by atoms with Crippen molar-refractivity contribution in [2.45, 2.75) is 46.6 Å². The number of aromatic nitrogens is 2. The van der Waals surface area contributed by atoms with Gasteiger partial charge in [-0.1, -0.05) is 13.3 Å². The summed E-state index contributed by atoms with van der Waals surface area (Å²) in [5, 5.41) is 3.15. The highest BCUT2D eigenvalue weighted by atomic mass is 16.5. The fraction of sp³-hybridized carbons (Fsp3) is 0.450. The van der Waals surface area contributed by atoms with E-state index in [1.54, 1.807) is 18.0 Å². The van der Waals surface area contributed by atoms with E-state index in [0.717, 1.165) is 36.5 Å². The second-order valence-electron chi connectivity index (χ2n) is 6.61. The SMILES string of the molecule is CCCCN(C)C(=O)c1cc(C)nc(Nc2ccc(OC(C)C)cc2)n1. The molecule has 0 radical (unpaired) electrons. The monoisotopic (exact) mass is 356 g/mol. The van der Waals surface area contributed by atoms with Gasteiger partial charge in [0.15, 0.2) is 0 Å². The average Bonchev–Trinajstić information content (AvgIpc) is 2.59. The molecule has 0 saturated carbocycles. The Hall–Kier alpha value is -2.63. The molecule has 1 N–H and O–H groups in total. The van der Waals surface area contributed by atoms with Crippen LogP contribution in [0.1, 0.15) is 49.8 Å². The second-order valence-corrected chi connectivity index (χ2v) is 6.61. The number of hydrogen-bond acceptors (Lipinski definition) is 5. The predicted octanol–water partition coefficient (Wildman–Crippen LogP) is 4.19. The van der Waals surface area contributed by atoms with Gasteiger partial charge in [-0.05, 0) is 57.5 Å². The van der Waals surface area contributed by atoms with Gasteiger partial charge in [0.25, 0.3) is 5.91 Å². The van der Waals surface area contributed by atoms with E-state index in [9.17, 15) is 4.79 Å². The van der Waals surface area contributed by atoms with E-state index in [4.69, 9.17) is 4.74 Å². The predicted molar refractivity (Wildman–Crippen MR) is 104 cm³/mol. The molecule has 0 aliphatic rings. The first-order chi connectivity index (χ1) is 12.4. The van der Waals surface area contributed by atoms with Crippen LogP contribution in [0.4, 0.5) is 11.6 Å². The Morgan fingerprint density at radius 1 is 1.23 bits per heavy atom. The number of carbonyl (C=O) groups excluding carboxylic acids is 1. The van der Waals surface area contributed by atoms with E-state index in [2.05, 4.69) is 22.2 Å². The van der Waals surface area contributed by atoms with Crippen molar-refractivity contribution in [3.63, 3.8) is 0 Å². The topological polar surface area (TPSA) is 67.4 Å². The van der Waals surface area contributed by atoms with Gasteiger partial charge in [-0.15, -0.1) is 0 Å². The van der Waals surface area contributed by atoms with Gasteiger partial charge >= 0.3 is 0 Å². The summed E-state index contributed by atoms with van der Waals surface area (Å²) in [5.74, 6) is 1.13.